The highest BCUT2D eigenvalue weighted by Crippen LogP contribution is 2.18. The Kier molecular flexibility index (Phi) is 3.97. The van der Waals surface area contributed by atoms with Crippen LogP contribution in [0.3, 0.4) is 0 Å². The zero-order valence-corrected chi connectivity index (χ0v) is 10.1. The fourth-order valence-corrected chi connectivity index (χ4v) is 1.68. The minimum absolute atomic E-state index is 0.0103. The number of halogens is 2. The Morgan fingerprint density at radius 1 is 1.41 bits per heavy atom. The van der Waals surface area contributed by atoms with Crippen molar-refractivity contribution in [2.24, 2.45) is 0 Å². The molecule has 0 saturated heterocycles. The van der Waals surface area contributed by atoms with Crippen molar-refractivity contribution in [3.8, 4) is 0 Å². The molecular weight excluding hydrogens is 243 g/mol. The smallest absolute Gasteiger partial charge is 0.254 e. The minimum atomic E-state index is -0.554. The maximum Gasteiger partial charge on any atom is 0.254 e. The van der Waals surface area contributed by atoms with Crippen LogP contribution in [0.2, 0.25) is 5.02 Å². The lowest BCUT2D eigenvalue weighted by Crippen LogP contribution is -2.33. The van der Waals surface area contributed by atoms with E-state index < -0.39 is 11.7 Å². The van der Waals surface area contributed by atoms with Crippen molar-refractivity contribution in [2.45, 2.75) is 18.9 Å². The van der Waals surface area contributed by atoms with E-state index in [-0.39, 0.29) is 5.56 Å². The molecule has 0 bridgehead atoms. The highest BCUT2D eigenvalue weighted by Gasteiger charge is 2.19. The number of amides is 1. The molecule has 92 valence electrons. The van der Waals surface area contributed by atoms with Crippen LogP contribution in [0, 0.1) is 5.82 Å². The summed E-state index contributed by atoms with van der Waals surface area (Å²) in [6.07, 6.45) is 2.41. The van der Waals surface area contributed by atoms with E-state index >= 15 is 0 Å². The van der Waals surface area contributed by atoms with Crippen molar-refractivity contribution in [1.29, 1.82) is 0 Å². The molecule has 1 aliphatic carbocycles. The maximum absolute atomic E-state index is 13.3. The number of rotatable bonds is 5. The Balaban J connectivity index is 1.82. The van der Waals surface area contributed by atoms with Crippen LogP contribution in [0.25, 0.3) is 0 Å². The number of carbonyl (C=O) groups excluding carboxylic acids is 1. The Hall–Kier alpha value is -1.13. The summed E-state index contributed by atoms with van der Waals surface area (Å²) in [5.41, 5.74) is -0.0103. The van der Waals surface area contributed by atoms with Gasteiger partial charge in [0, 0.05) is 24.2 Å². The van der Waals surface area contributed by atoms with Crippen molar-refractivity contribution in [3.05, 3.63) is 34.6 Å². The molecule has 17 heavy (non-hydrogen) atoms. The largest absolute Gasteiger partial charge is 0.351 e. The van der Waals surface area contributed by atoms with E-state index in [1.54, 1.807) is 0 Å². The summed E-state index contributed by atoms with van der Waals surface area (Å²) in [5, 5.41) is 6.26. The van der Waals surface area contributed by atoms with Crippen LogP contribution in [-0.4, -0.2) is 25.0 Å². The summed E-state index contributed by atoms with van der Waals surface area (Å²) in [6.45, 7) is 1.19. The van der Waals surface area contributed by atoms with Crippen LogP contribution in [0.4, 0.5) is 4.39 Å². The third-order valence-electron chi connectivity index (χ3n) is 2.59. The van der Waals surface area contributed by atoms with Gasteiger partial charge in [-0.25, -0.2) is 4.39 Å². The van der Waals surface area contributed by atoms with Gasteiger partial charge in [-0.2, -0.15) is 0 Å². The number of hydrogen-bond donors (Lipinski definition) is 2. The van der Waals surface area contributed by atoms with Crippen LogP contribution in [0.5, 0.6) is 0 Å². The Labute approximate surface area is 104 Å². The second-order valence-corrected chi connectivity index (χ2v) is 4.54. The van der Waals surface area contributed by atoms with Gasteiger partial charge in [-0.1, -0.05) is 11.6 Å². The van der Waals surface area contributed by atoms with E-state index in [0.29, 0.717) is 24.2 Å². The molecular formula is C12H14ClFN2O. The molecule has 5 heteroatoms. The molecule has 0 unspecified atom stereocenters. The third kappa shape index (κ3) is 3.68. The maximum atomic E-state index is 13.3. The van der Waals surface area contributed by atoms with E-state index in [1.165, 1.54) is 31.0 Å². The number of hydrogen-bond acceptors (Lipinski definition) is 2. The minimum Gasteiger partial charge on any atom is -0.351 e. The van der Waals surface area contributed by atoms with Crippen molar-refractivity contribution in [1.82, 2.24) is 10.6 Å². The van der Waals surface area contributed by atoms with Gasteiger partial charge in [-0.3, -0.25) is 4.79 Å². The molecule has 0 atom stereocenters. The molecule has 1 aromatic rings. The van der Waals surface area contributed by atoms with Crippen LogP contribution in [-0.2, 0) is 0 Å². The second-order valence-electron chi connectivity index (χ2n) is 4.11. The van der Waals surface area contributed by atoms with Crippen molar-refractivity contribution in [2.75, 3.05) is 13.1 Å². The molecule has 0 aromatic heterocycles. The fourth-order valence-electron chi connectivity index (χ4n) is 1.51. The fraction of sp³-hybridized carbons (Fsp3) is 0.417. The SMILES string of the molecule is O=C(NCCNC1CC1)c1cc(Cl)ccc1F. The molecule has 0 spiro atoms. The number of carbonyl (C=O) groups is 1. The van der Waals surface area contributed by atoms with Crippen molar-refractivity contribution >= 4 is 17.5 Å². The molecule has 0 radical (unpaired) electrons. The molecule has 1 fully saturated rings. The van der Waals surface area contributed by atoms with Crippen LogP contribution < -0.4 is 10.6 Å². The van der Waals surface area contributed by atoms with Crippen LogP contribution >= 0.6 is 11.6 Å². The lowest BCUT2D eigenvalue weighted by Gasteiger charge is -2.07. The van der Waals surface area contributed by atoms with E-state index in [2.05, 4.69) is 10.6 Å². The first-order valence-electron chi connectivity index (χ1n) is 5.63. The summed E-state index contributed by atoms with van der Waals surface area (Å²) in [6, 6.07) is 4.55. The number of nitrogens with one attached hydrogen (secondary N) is 2. The van der Waals surface area contributed by atoms with E-state index in [1.807, 2.05) is 0 Å². The predicted molar refractivity (Wildman–Crippen MR) is 64.8 cm³/mol. The van der Waals surface area contributed by atoms with E-state index in [4.69, 9.17) is 11.6 Å². The van der Waals surface area contributed by atoms with Crippen molar-refractivity contribution < 1.29 is 9.18 Å². The molecule has 2 rings (SSSR count). The van der Waals surface area contributed by atoms with Crippen LogP contribution in [0.1, 0.15) is 23.2 Å². The van der Waals surface area contributed by atoms with Gasteiger partial charge < -0.3 is 10.6 Å². The quantitative estimate of drug-likeness (QED) is 0.791. The zero-order chi connectivity index (χ0) is 12.3. The first kappa shape index (κ1) is 12.3. The molecule has 0 heterocycles. The first-order valence-corrected chi connectivity index (χ1v) is 6.01. The lowest BCUT2D eigenvalue weighted by atomic mass is 10.2. The van der Waals surface area contributed by atoms with Gasteiger partial charge in [0.2, 0.25) is 0 Å². The van der Waals surface area contributed by atoms with Crippen LogP contribution in [0.15, 0.2) is 18.2 Å². The molecule has 2 N–H and O–H groups in total. The summed E-state index contributed by atoms with van der Waals surface area (Å²) in [4.78, 5) is 11.6. The third-order valence-corrected chi connectivity index (χ3v) is 2.83. The normalized spacial score (nSPS) is 14.7. The summed E-state index contributed by atoms with van der Waals surface area (Å²) >= 11 is 5.71. The number of benzene rings is 1. The highest BCUT2D eigenvalue weighted by atomic mass is 35.5. The molecule has 3 nitrogen and oxygen atoms in total. The molecule has 0 aliphatic heterocycles. The van der Waals surface area contributed by atoms with Gasteiger partial charge in [0.15, 0.2) is 0 Å². The molecule has 1 saturated carbocycles. The standard InChI is InChI=1S/C12H14ClFN2O/c13-8-1-4-11(14)10(7-8)12(17)16-6-5-15-9-2-3-9/h1,4,7,9,15H,2-3,5-6H2,(H,16,17). The zero-order valence-electron chi connectivity index (χ0n) is 9.30. The highest BCUT2D eigenvalue weighted by molar-refractivity contribution is 6.30. The topological polar surface area (TPSA) is 41.1 Å². The molecule has 1 aliphatic rings. The van der Waals surface area contributed by atoms with Gasteiger partial charge in [0.1, 0.15) is 5.82 Å². The van der Waals surface area contributed by atoms with Gasteiger partial charge >= 0.3 is 0 Å². The van der Waals surface area contributed by atoms with Gasteiger partial charge in [-0.15, -0.1) is 0 Å². The predicted octanol–water partition coefficient (Wildman–Crippen LogP) is 1.96. The Morgan fingerprint density at radius 3 is 2.88 bits per heavy atom. The van der Waals surface area contributed by atoms with Crippen molar-refractivity contribution in [3.63, 3.8) is 0 Å². The average Bonchev–Trinajstić information content (AvgIpc) is 3.11. The summed E-state index contributed by atoms with van der Waals surface area (Å²) in [7, 11) is 0. The first-order chi connectivity index (χ1) is 8.16. The average molecular weight is 257 g/mol. The van der Waals surface area contributed by atoms with E-state index in [0.717, 1.165) is 0 Å². The summed E-state index contributed by atoms with van der Waals surface area (Å²) < 4.78 is 13.3. The van der Waals surface area contributed by atoms with E-state index in [9.17, 15) is 9.18 Å². The van der Waals surface area contributed by atoms with Gasteiger partial charge in [0.25, 0.3) is 5.91 Å². The second kappa shape index (κ2) is 5.47. The van der Waals surface area contributed by atoms with Gasteiger partial charge in [-0.05, 0) is 31.0 Å². The summed E-state index contributed by atoms with van der Waals surface area (Å²) in [5.74, 6) is -0.982. The molecule has 1 amide bonds. The Morgan fingerprint density at radius 2 is 2.18 bits per heavy atom. The monoisotopic (exact) mass is 256 g/mol. The Bertz CT molecular complexity index is 421. The lowest BCUT2D eigenvalue weighted by molar-refractivity contribution is 0.0950. The van der Waals surface area contributed by atoms with Gasteiger partial charge in [0.05, 0.1) is 5.56 Å². The molecule has 1 aromatic carbocycles.